The van der Waals surface area contributed by atoms with Gasteiger partial charge in [0, 0.05) is 6.42 Å². The number of aliphatic hydroxyl groups is 1. The average molecular weight is 309 g/mol. The molecule has 0 radical (unpaired) electrons. The topological polar surface area (TPSA) is 95.9 Å². The van der Waals surface area contributed by atoms with Gasteiger partial charge in [0.2, 0.25) is 5.91 Å². The molecule has 0 heterocycles. The molecule has 0 fully saturated rings. The van der Waals surface area contributed by atoms with E-state index in [1.165, 1.54) is 0 Å². The van der Waals surface area contributed by atoms with Crippen molar-refractivity contribution in [2.24, 2.45) is 0 Å². The normalized spacial score (nSPS) is 13.2. The van der Waals surface area contributed by atoms with Crippen LogP contribution < -0.4 is 10.1 Å². The molecule has 0 aliphatic heterocycles. The van der Waals surface area contributed by atoms with E-state index in [-0.39, 0.29) is 18.9 Å². The Morgan fingerprint density at radius 3 is 2.68 bits per heavy atom. The highest BCUT2D eigenvalue weighted by Gasteiger charge is 2.30. The van der Waals surface area contributed by atoms with E-state index in [9.17, 15) is 14.7 Å². The monoisotopic (exact) mass is 309 g/mol. The van der Waals surface area contributed by atoms with Crippen LogP contribution in [-0.4, -0.2) is 40.8 Å². The van der Waals surface area contributed by atoms with E-state index in [0.29, 0.717) is 13.0 Å². The predicted octanol–water partition coefficient (Wildman–Crippen LogP) is 1.50. The number of carbonyl (C=O) groups is 2. The van der Waals surface area contributed by atoms with Gasteiger partial charge in [-0.15, -0.1) is 0 Å². The Kier molecular flexibility index (Phi) is 6.85. The van der Waals surface area contributed by atoms with E-state index in [1.807, 2.05) is 31.2 Å². The fourth-order valence-corrected chi connectivity index (χ4v) is 1.72. The Morgan fingerprint density at radius 1 is 1.32 bits per heavy atom. The van der Waals surface area contributed by atoms with Crippen molar-refractivity contribution in [3.8, 4) is 5.75 Å². The highest BCUT2D eigenvalue weighted by Crippen LogP contribution is 2.12. The van der Waals surface area contributed by atoms with E-state index >= 15 is 0 Å². The highest BCUT2D eigenvalue weighted by molar-refractivity contribution is 5.80. The summed E-state index contributed by atoms with van der Waals surface area (Å²) in [6.07, 6.45) is 1.62. The first kappa shape index (κ1) is 18.0. The Bertz CT molecular complexity index is 513. The second kappa shape index (κ2) is 8.38. The molecule has 0 bridgehead atoms. The first-order chi connectivity index (χ1) is 10.3. The van der Waals surface area contributed by atoms with E-state index < -0.39 is 11.6 Å². The maximum Gasteiger partial charge on any atom is 0.337 e. The lowest BCUT2D eigenvalue weighted by molar-refractivity contribution is -0.156. The molecule has 1 aromatic carbocycles. The standard InChI is InChI=1S/C16H23NO5/c1-12-6-5-7-13(10-12)22-9-4-3-8-14(18)17-11-16(2,21)15(19)20/h5-7,10,21H,3-4,8-9,11H2,1-2H3,(H,17,18)(H,19,20). The maximum atomic E-state index is 11.5. The third-order valence-corrected chi connectivity index (χ3v) is 3.15. The number of rotatable bonds is 9. The number of carboxylic acid groups (broad SMARTS) is 1. The van der Waals surface area contributed by atoms with Gasteiger partial charge in [-0.25, -0.2) is 4.79 Å². The summed E-state index contributed by atoms with van der Waals surface area (Å²) in [5.74, 6) is -0.835. The van der Waals surface area contributed by atoms with Gasteiger partial charge < -0.3 is 20.3 Å². The molecular formula is C16H23NO5. The molecule has 1 aromatic rings. The van der Waals surface area contributed by atoms with Crippen molar-refractivity contribution >= 4 is 11.9 Å². The van der Waals surface area contributed by atoms with Gasteiger partial charge in [-0.05, 0) is 44.4 Å². The van der Waals surface area contributed by atoms with Crippen molar-refractivity contribution in [2.45, 2.75) is 38.7 Å². The maximum absolute atomic E-state index is 11.5. The molecule has 1 atom stereocenters. The van der Waals surface area contributed by atoms with E-state index in [1.54, 1.807) is 0 Å². The Hall–Kier alpha value is -2.08. The van der Waals surface area contributed by atoms with Crippen LogP contribution >= 0.6 is 0 Å². The first-order valence-corrected chi connectivity index (χ1v) is 7.23. The zero-order valence-corrected chi connectivity index (χ0v) is 13.0. The Morgan fingerprint density at radius 2 is 2.05 bits per heavy atom. The SMILES string of the molecule is Cc1cccc(OCCCCC(=O)NCC(C)(O)C(=O)O)c1. The molecule has 22 heavy (non-hydrogen) atoms. The second-order valence-corrected chi connectivity index (χ2v) is 5.48. The van der Waals surface area contributed by atoms with Gasteiger partial charge in [0.1, 0.15) is 5.75 Å². The third kappa shape index (κ3) is 6.58. The smallest absolute Gasteiger partial charge is 0.337 e. The van der Waals surface area contributed by atoms with Gasteiger partial charge in [-0.3, -0.25) is 4.79 Å². The summed E-state index contributed by atoms with van der Waals surface area (Å²) >= 11 is 0. The number of ether oxygens (including phenoxy) is 1. The van der Waals surface area contributed by atoms with Gasteiger partial charge in [-0.2, -0.15) is 0 Å². The Balaban J connectivity index is 2.14. The van der Waals surface area contributed by atoms with Gasteiger partial charge in [0.25, 0.3) is 0 Å². The molecule has 0 aliphatic rings. The van der Waals surface area contributed by atoms with Crippen molar-refractivity contribution in [1.29, 1.82) is 0 Å². The minimum absolute atomic E-state index is 0.271. The van der Waals surface area contributed by atoms with Crippen molar-refractivity contribution in [2.75, 3.05) is 13.2 Å². The van der Waals surface area contributed by atoms with Crippen LogP contribution in [0.3, 0.4) is 0 Å². The van der Waals surface area contributed by atoms with Crippen molar-refractivity contribution < 1.29 is 24.5 Å². The molecule has 122 valence electrons. The quantitative estimate of drug-likeness (QED) is 0.601. The van der Waals surface area contributed by atoms with Crippen LogP contribution in [0.2, 0.25) is 0 Å². The van der Waals surface area contributed by atoms with Crippen molar-refractivity contribution in [3.63, 3.8) is 0 Å². The van der Waals surface area contributed by atoms with Crippen LogP contribution in [0.5, 0.6) is 5.75 Å². The molecule has 1 amide bonds. The molecule has 0 aromatic heterocycles. The zero-order chi connectivity index (χ0) is 16.6. The molecule has 6 heteroatoms. The number of aliphatic carboxylic acids is 1. The number of nitrogens with one attached hydrogen (secondary N) is 1. The molecule has 3 N–H and O–H groups in total. The van der Waals surface area contributed by atoms with Crippen molar-refractivity contribution in [3.05, 3.63) is 29.8 Å². The fourth-order valence-electron chi connectivity index (χ4n) is 1.72. The number of benzene rings is 1. The van der Waals surface area contributed by atoms with E-state index in [0.717, 1.165) is 24.7 Å². The van der Waals surface area contributed by atoms with Crippen LogP contribution in [0.4, 0.5) is 0 Å². The van der Waals surface area contributed by atoms with Crippen LogP contribution in [-0.2, 0) is 9.59 Å². The largest absolute Gasteiger partial charge is 0.494 e. The minimum Gasteiger partial charge on any atom is -0.494 e. The molecule has 0 saturated heterocycles. The number of hydrogen-bond donors (Lipinski definition) is 3. The minimum atomic E-state index is -1.94. The number of aryl methyl sites for hydroxylation is 1. The van der Waals surface area contributed by atoms with E-state index in [2.05, 4.69) is 5.32 Å². The zero-order valence-electron chi connectivity index (χ0n) is 13.0. The molecule has 6 nitrogen and oxygen atoms in total. The number of carbonyl (C=O) groups excluding carboxylic acids is 1. The predicted molar refractivity (Wildman–Crippen MR) is 81.8 cm³/mol. The number of amides is 1. The third-order valence-electron chi connectivity index (χ3n) is 3.15. The van der Waals surface area contributed by atoms with Gasteiger partial charge in [0.05, 0.1) is 13.2 Å². The lowest BCUT2D eigenvalue weighted by atomic mass is 10.1. The summed E-state index contributed by atoms with van der Waals surface area (Å²) < 4.78 is 5.56. The second-order valence-electron chi connectivity index (χ2n) is 5.48. The van der Waals surface area contributed by atoms with E-state index in [4.69, 9.17) is 9.84 Å². The summed E-state index contributed by atoms with van der Waals surface area (Å²) in [5, 5.41) is 20.6. The molecule has 0 saturated carbocycles. The molecule has 0 spiro atoms. The van der Waals surface area contributed by atoms with Crippen LogP contribution in [0, 0.1) is 6.92 Å². The summed E-state index contributed by atoms with van der Waals surface area (Å²) in [5.41, 5.74) is -0.813. The number of unbranched alkanes of at least 4 members (excludes halogenated alkanes) is 1. The van der Waals surface area contributed by atoms with Gasteiger partial charge >= 0.3 is 5.97 Å². The molecule has 1 rings (SSSR count). The van der Waals surface area contributed by atoms with Crippen LogP contribution in [0.1, 0.15) is 31.7 Å². The summed E-state index contributed by atoms with van der Waals surface area (Å²) in [6.45, 7) is 3.35. The average Bonchev–Trinajstić information content (AvgIpc) is 2.45. The van der Waals surface area contributed by atoms with Gasteiger partial charge in [0.15, 0.2) is 5.60 Å². The fraction of sp³-hybridized carbons (Fsp3) is 0.500. The van der Waals surface area contributed by atoms with Crippen molar-refractivity contribution in [1.82, 2.24) is 5.32 Å². The highest BCUT2D eigenvalue weighted by atomic mass is 16.5. The molecule has 1 unspecified atom stereocenters. The lowest BCUT2D eigenvalue weighted by Gasteiger charge is -2.18. The molecule has 0 aliphatic carbocycles. The first-order valence-electron chi connectivity index (χ1n) is 7.23. The van der Waals surface area contributed by atoms with Crippen LogP contribution in [0.15, 0.2) is 24.3 Å². The van der Waals surface area contributed by atoms with Gasteiger partial charge in [-0.1, -0.05) is 12.1 Å². The number of carboxylic acids is 1. The molecular weight excluding hydrogens is 286 g/mol. The summed E-state index contributed by atoms with van der Waals surface area (Å²) in [6, 6.07) is 7.74. The summed E-state index contributed by atoms with van der Waals surface area (Å²) in [7, 11) is 0. The Labute approximate surface area is 130 Å². The lowest BCUT2D eigenvalue weighted by Crippen LogP contribution is -2.46. The number of hydrogen-bond acceptors (Lipinski definition) is 4. The van der Waals surface area contributed by atoms with Crippen LogP contribution in [0.25, 0.3) is 0 Å². The summed E-state index contributed by atoms with van der Waals surface area (Å²) in [4.78, 5) is 22.2.